The van der Waals surface area contributed by atoms with Crippen LogP contribution in [0.4, 0.5) is 0 Å². The molecule has 1 amide bonds. The summed E-state index contributed by atoms with van der Waals surface area (Å²) in [6.07, 6.45) is 4.74. The van der Waals surface area contributed by atoms with Gasteiger partial charge < -0.3 is 9.80 Å². The van der Waals surface area contributed by atoms with Crippen LogP contribution in [0.1, 0.15) is 46.5 Å². The first kappa shape index (κ1) is 15.8. The Morgan fingerprint density at radius 1 is 1.40 bits per heavy atom. The first-order chi connectivity index (χ1) is 9.56. The second kappa shape index (κ2) is 6.90. The van der Waals surface area contributed by atoms with Gasteiger partial charge in [-0.05, 0) is 38.3 Å². The summed E-state index contributed by atoms with van der Waals surface area (Å²) < 4.78 is 0. The number of rotatable bonds is 6. The first-order valence-electron chi connectivity index (χ1n) is 8.31. The summed E-state index contributed by atoms with van der Waals surface area (Å²) >= 11 is 0. The van der Waals surface area contributed by atoms with Crippen molar-refractivity contribution in [2.45, 2.75) is 58.7 Å². The zero-order chi connectivity index (χ0) is 14.7. The Morgan fingerprint density at radius 3 is 2.70 bits per heavy atom. The molecule has 4 atom stereocenters. The molecule has 0 radical (unpaired) electrons. The summed E-state index contributed by atoms with van der Waals surface area (Å²) in [5, 5.41) is 3.59. The Morgan fingerprint density at radius 2 is 2.15 bits per heavy atom. The Labute approximate surface area is 123 Å². The van der Waals surface area contributed by atoms with Gasteiger partial charge in [0.1, 0.15) is 0 Å². The molecule has 0 aliphatic carbocycles. The van der Waals surface area contributed by atoms with Gasteiger partial charge in [-0.1, -0.05) is 33.6 Å². The summed E-state index contributed by atoms with van der Waals surface area (Å²) in [5.74, 6) is 1.42. The van der Waals surface area contributed by atoms with Gasteiger partial charge in [0.15, 0.2) is 0 Å². The number of carbonyl (C=O) groups is 1. The van der Waals surface area contributed by atoms with E-state index < -0.39 is 0 Å². The number of nitrogens with zero attached hydrogens (tertiary/aromatic N) is 2. The molecule has 0 bridgehead atoms. The maximum Gasteiger partial charge on any atom is 0.241 e. The van der Waals surface area contributed by atoms with Crippen molar-refractivity contribution in [1.82, 2.24) is 15.1 Å². The Bertz CT molecular complexity index is 334. The molecule has 4 heteroatoms. The van der Waals surface area contributed by atoms with E-state index in [-0.39, 0.29) is 12.2 Å². The van der Waals surface area contributed by atoms with Gasteiger partial charge in [0.05, 0.1) is 12.2 Å². The van der Waals surface area contributed by atoms with E-state index in [1.165, 1.54) is 13.0 Å². The highest BCUT2D eigenvalue weighted by atomic mass is 16.2. The van der Waals surface area contributed by atoms with E-state index in [1.807, 2.05) is 0 Å². The third kappa shape index (κ3) is 3.34. The van der Waals surface area contributed by atoms with Gasteiger partial charge in [0.25, 0.3) is 0 Å². The first-order valence-corrected chi connectivity index (χ1v) is 8.31. The maximum atomic E-state index is 12.7. The van der Waals surface area contributed by atoms with Gasteiger partial charge in [0.2, 0.25) is 5.91 Å². The minimum Gasteiger partial charge on any atom is -0.325 e. The van der Waals surface area contributed by atoms with Crippen molar-refractivity contribution >= 4 is 5.91 Å². The summed E-state index contributed by atoms with van der Waals surface area (Å²) in [7, 11) is 2.18. The Balaban J connectivity index is 2.01. The van der Waals surface area contributed by atoms with Gasteiger partial charge in [-0.3, -0.25) is 10.1 Å². The molecule has 0 aromatic carbocycles. The maximum absolute atomic E-state index is 12.7. The molecule has 0 aromatic heterocycles. The zero-order valence-electron chi connectivity index (χ0n) is 13.6. The highest BCUT2D eigenvalue weighted by Gasteiger charge is 2.41. The Kier molecular flexibility index (Phi) is 5.44. The lowest BCUT2D eigenvalue weighted by molar-refractivity contribution is -0.131. The number of hydrogen-bond acceptors (Lipinski definition) is 3. The summed E-state index contributed by atoms with van der Waals surface area (Å²) in [5.41, 5.74) is 0. The van der Waals surface area contributed by atoms with Crippen LogP contribution in [0.15, 0.2) is 0 Å². The fraction of sp³-hybridized carbons (Fsp3) is 0.938. The molecule has 4 nitrogen and oxygen atoms in total. The lowest BCUT2D eigenvalue weighted by Crippen LogP contribution is -2.40. The summed E-state index contributed by atoms with van der Waals surface area (Å²) in [6, 6.07) is 0.0377. The normalized spacial score (nSPS) is 33.1. The molecule has 4 unspecified atom stereocenters. The Hall–Kier alpha value is -0.610. The molecule has 2 aliphatic rings. The minimum absolute atomic E-state index is 0.0377. The second-order valence-corrected chi connectivity index (χ2v) is 6.74. The molecule has 2 rings (SSSR count). The number of hydrogen-bond donors (Lipinski definition) is 1. The number of carbonyl (C=O) groups excluding carboxylic acids is 1. The number of amides is 1. The molecule has 2 saturated heterocycles. The quantitative estimate of drug-likeness (QED) is 0.808. The molecule has 0 spiro atoms. The topological polar surface area (TPSA) is 35.6 Å². The molecule has 2 fully saturated rings. The van der Waals surface area contributed by atoms with E-state index in [2.05, 4.69) is 42.9 Å². The molecule has 1 N–H and O–H groups in total. The van der Waals surface area contributed by atoms with Crippen LogP contribution in [-0.4, -0.2) is 54.6 Å². The van der Waals surface area contributed by atoms with Gasteiger partial charge in [-0.2, -0.15) is 0 Å². The molecule has 2 heterocycles. The fourth-order valence-electron chi connectivity index (χ4n) is 3.53. The van der Waals surface area contributed by atoms with Crippen molar-refractivity contribution in [1.29, 1.82) is 0 Å². The zero-order valence-corrected chi connectivity index (χ0v) is 13.6. The molecule has 2 aliphatic heterocycles. The average Bonchev–Trinajstić information content (AvgIpc) is 2.97. The standard InChI is InChI=1S/C16H31N3O/c1-5-7-14-17-15(12(3)6-2)16(20)19(14)11-13-8-9-18(4)10-13/h12-15,17H,5-11H2,1-4H3. The summed E-state index contributed by atoms with van der Waals surface area (Å²) in [6.45, 7) is 9.80. The van der Waals surface area contributed by atoms with E-state index in [0.29, 0.717) is 17.7 Å². The van der Waals surface area contributed by atoms with Crippen LogP contribution in [0.25, 0.3) is 0 Å². The molecule has 116 valence electrons. The van der Waals surface area contributed by atoms with Gasteiger partial charge in [-0.15, -0.1) is 0 Å². The molecule has 0 aromatic rings. The number of likely N-dealkylation sites (tertiary alicyclic amines) is 1. The van der Waals surface area contributed by atoms with Crippen LogP contribution in [-0.2, 0) is 4.79 Å². The van der Waals surface area contributed by atoms with Crippen molar-refractivity contribution in [2.75, 3.05) is 26.7 Å². The molecule has 0 saturated carbocycles. The monoisotopic (exact) mass is 281 g/mol. The lowest BCUT2D eigenvalue weighted by atomic mass is 9.99. The third-order valence-corrected chi connectivity index (χ3v) is 5.02. The van der Waals surface area contributed by atoms with Crippen molar-refractivity contribution in [3.05, 3.63) is 0 Å². The third-order valence-electron chi connectivity index (χ3n) is 5.02. The van der Waals surface area contributed by atoms with Crippen LogP contribution in [0.5, 0.6) is 0 Å². The van der Waals surface area contributed by atoms with Crippen LogP contribution in [0.3, 0.4) is 0 Å². The van der Waals surface area contributed by atoms with E-state index in [4.69, 9.17) is 0 Å². The van der Waals surface area contributed by atoms with Crippen LogP contribution >= 0.6 is 0 Å². The van der Waals surface area contributed by atoms with Gasteiger partial charge in [0, 0.05) is 13.1 Å². The summed E-state index contributed by atoms with van der Waals surface area (Å²) in [4.78, 5) is 17.2. The SMILES string of the molecule is CCCC1NC(C(C)CC)C(=O)N1CC1CCN(C)C1. The van der Waals surface area contributed by atoms with Crippen molar-refractivity contribution < 1.29 is 4.79 Å². The lowest BCUT2D eigenvalue weighted by Gasteiger charge is -2.26. The molecular formula is C16H31N3O. The predicted molar refractivity (Wildman–Crippen MR) is 82.4 cm³/mol. The highest BCUT2D eigenvalue weighted by molar-refractivity contribution is 5.84. The van der Waals surface area contributed by atoms with Gasteiger partial charge >= 0.3 is 0 Å². The predicted octanol–water partition coefficient (Wildman–Crippen LogP) is 1.91. The molecule has 20 heavy (non-hydrogen) atoms. The van der Waals surface area contributed by atoms with E-state index in [0.717, 1.165) is 32.4 Å². The average molecular weight is 281 g/mol. The van der Waals surface area contributed by atoms with E-state index >= 15 is 0 Å². The fourth-order valence-corrected chi connectivity index (χ4v) is 3.53. The number of nitrogens with one attached hydrogen (secondary N) is 1. The second-order valence-electron chi connectivity index (χ2n) is 6.74. The highest BCUT2D eigenvalue weighted by Crippen LogP contribution is 2.25. The van der Waals surface area contributed by atoms with Crippen LogP contribution in [0, 0.1) is 11.8 Å². The van der Waals surface area contributed by atoms with Crippen LogP contribution in [0.2, 0.25) is 0 Å². The van der Waals surface area contributed by atoms with E-state index in [1.54, 1.807) is 0 Å². The van der Waals surface area contributed by atoms with Crippen LogP contribution < -0.4 is 5.32 Å². The largest absolute Gasteiger partial charge is 0.325 e. The minimum atomic E-state index is 0.0377. The van der Waals surface area contributed by atoms with Crippen molar-refractivity contribution in [3.8, 4) is 0 Å². The van der Waals surface area contributed by atoms with Gasteiger partial charge in [-0.25, -0.2) is 0 Å². The smallest absolute Gasteiger partial charge is 0.241 e. The van der Waals surface area contributed by atoms with E-state index in [9.17, 15) is 4.79 Å². The molecular weight excluding hydrogens is 250 g/mol. The van der Waals surface area contributed by atoms with Crippen molar-refractivity contribution in [2.24, 2.45) is 11.8 Å². The van der Waals surface area contributed by atoms with Crippen molar-refractivity contribution in [3.63, 3.8) is 0 Å².